The molecule has 1 amide bonds. The van der Waals surface area contributed by atoms with Crippen molar-refractivity contribution in [2.75, 3.05) is 0 Å². The molecule has 24 heavy (non-hydrogen) atoms. The molecule has 0 fully saturated rings. The van der Waals surface area contributed by atoms with E-state index in [4.69, 9.17) is 4.42 Å². The van der Waals surface area contributed by atoms with Gasteiger partial charge >= 0.3 is 6.61 Å². The lowest BCUT2D eigenvalue weighted by Gasteiger charge is -2.14. The summed E-state index contributed by atoms with van der Waals surface area (Å²) in [6.07, 6.45) is 0. The van der Waals surface area contributed by atoms with Crippen molar-refractivity contribution in [3.05, 3.63) is 65.9 Å². The monoisotopic (exact) mass is 331 g/mol. The highest BCUT2D eigenvalue weighted by molar-refractivity contribution is 5.96. The molecule has 6 heteroatoms. The summed E-state index contributed by atoms with van der Waals surface area (Å²) in [5.41, 5.74) is 1.28. The number of ether oxygens (including phenoxy) is 1. The van der Waals surface area contributed by atoms with Crippen molar-refractivity contribution in [3.8, 4) is 5.75 Å². The summed E-state index contributed by atoms with van der Waals surface area (Å²) in [7, 11) is 0. The molecule has 0 aliphatic rings. The lowest BCUT2D eigenvalue weighted by Crippen LogP contribution is -2.26. The molecule has 0 bridgehead atoms. The maximum absolute atomic E-state index is 12.3. The molecule has 4 nitrogen and oxygen atoms in total. The van der Waals surface area contributed by atoms with Gasteiger partial charge in [0.1, 0.15) is 11.3 Å². The first-order valence-electron chi connectivity index (χ1n) is 7.37. The molecule has 0 saturated carbocycles. The van der Waals surface area contributed by atoms with E-state index < -0.39 is 12.7 Å². The first kappa shape index (κ1) is 16.0. The Hall–Kier alpha value is -2.89. The van der Waals surface area contributed by atoms with E-state index in [1.165, 1.54) is 12.1 Å². The lowest BCUT2D eigenvalue weighted by atomic mass is 10.1. The molecule has 1 N–H and O–H groups in total. The molecule has 3 rings (SSSR count). The van der Waals surface area contributed by atoms with Gasteiger partial charge in [0.15, 0.2) is 5.76 Å². The van der Waals surface area contributed by atoms with Gasteiger partial charge in [0.25, 0.3) is 5.91 Å². The van der Waals surface area contributed by atoms with Gasteiger partial charge in [0.05, 0.1) is 6.04 Å². The molecule has 0 spiro atoms. The Morgan fingerprint density at radius 1 is 1.12 bits per heavy atom. The van der Waals surface area contributed by atoms with Crippen LogP contribution in [0.15, 0.2) is 59.0 Å². The number of alkyl halides is 2. The number of furan rings is 1. The number of fused-ring (bicyclic) bond motifs is 1. The second kappa shape index (κ2) is 6.70. The second-order valence-corrected chi connectivity index (χ2v) is 5.29. The van der Waals surface area contributed by atoms with Crippen LogP contribution in [0.1, 0.15) is 29.1 Å². The number of amides is 1. The summed E-state index contributed by atoms with van der Waals surface area (Å²) >= 11 is 0. The van der Waals surface area contributed by atoms with Gasteiger partial charge in [-0.3, -0.25) is 4.79 Å². The van der Waals surface area contributed by atoms with Crippen LogP contribution >= 0.6 is 0 Å². The number of carbonyl (C=O) groups excluding carboxylic acids is 1. The van der Waals surface area contributed by atoms with Gasteiger partial charge in [-0.25, -0.2) is 0 Å². The van der Waals surface area contributed by atoms with E-state index in [1.807, 2.05) is 18.2 Å². The summed E-state index contributed by atoms with van der Waals surface area (Å²) in [6.45, 7) is -1.14. The minimum absolute atomic E-state index is 0.0485. The number of halogens is 2. The van der Waals surface area contributed by atoms with Gasteiger partial charge in [-0.2, -0.15) is 8.78 Å². The molecule has 1 unspecified atom stereocenters. The van der Waals surface area contributed by atoms with Crippen LogP contribution in [0.25, 0.3) is 11.0 Å². The smallest absolute Gasteiger partial charge is 0.387 e. The maximum atomic E-state index is 12.3. The molecule has 1 atom stereocenters. The largest absolute Gasteiger partial charge is 0.451 e. The van der Waals surface area contributed by atoms with Gasteiger partial charge in [-0.15, -0.1) is 0 Å². The molecule has 1 heterocycles. The van der Waals surface area contributed by atoms with Gasteiger partial charge in [0, 0.05) is 5.39 Å². The second-order valence-electron chi connectivity index (χ2n) is 5.29. The molecule has 1 aromatic heterocycles. The van der Waals surface area contributed by atoms with Crippen molar-refractivity contribution in [1.82, 2.24) is 5.32 Å². The van der Waals surface area contributed by atoms with Crippen LogP contribution in [-0.4, -0.2) is 12.5 Å². The molecule has 0 aliphatic heterocycles. The third-order valence-corrected chi connectivity index (χ3v) is 3.58. The van der Waals surface area contributed by atoms with Crippen LogP contribution in [0, 0.1) is 0 Å². The average molecular weight is 331 g/mol. The van der Waals surface area contributed by atoms with E-state index in [1.54, 1.807) is 31.2 Å². The van der Waals surface area contributed by atoms with Crippen molar-refractivity contribution >= 4 is 16.9 Å². The topological polar surface area (TPSA) is 51.5 Å². The third kappa shape index (κ3) is 3.53. The fourth-order valence-electron chi connectivity index (χ4n) is 2.40. The molecule has 3 aromatic rings. The molecule has 0 aliphatic carbocycles. The Labute approximate surface area is 137 Å². The Kier molecular flexibility index (Phi) is 4.46. The van der Waals surface area contributed by atoms with Crippen LogP contribution < -0.4 is 10.1 Å². The first-order valence-corrected chi connectivity index (χ1v) is 7.37. The summed E-state index contributed by atoms with van der Waals surface area (Å²) in [5, 5.41) is 3.61. The number of nitrogens with one attached hydrogen (secondary N) is 1. The third-order valence-electron chi connectivity index (χ3n) is 3.58. The van der Waals surface area contributed by atoms with E-state index in [0.717, 1.165) is 5.39 Å². The first-order chi connectivity index (χ1) is 11.5. The highest BCUT2D eigenvalue weighted by Crippen LogP contribution is 2.22. The Morgan fingerprint density at radius 2 is 1.92 bits per heavy atom. The van der Waals surface area contributed by atoms with Gasteiger partial charge in [0.2, 0.25) is 0 Å². The predicted octanol–water partition coefficient (Wildman–Crippen LogP) is 4.53. The summed E-state index contributed by atoms with van der Waals surface area (Å²) in [5.74, 6) is -0.130. The molecular formula is C18H15F2NO3. The van der Waals surface area contributed by atoms with Crippen molar-refractivity contribution in [3.63, 3.8) is 0 Å². The highest BCUT2D eigenvalue weighted by atomic mass is 19.3. The fraction of sp³-hybridized carbons (Fsp3) is 0.167. The Balaban J connectivity index is 1.74. The number of rotatable bonds is 5. The Bertz CT molecular complexity index is 827. The average Bonchev–Trinajstić information content (AvgIpc) is 2.98. The standard InChI is InChI=1S/C18H15F2NO3/c1-11(12-6-4-7-14(9-12)23-18(19)20)21-17(22)16-10-13-5-2-3-8-15(13)24-16/h2-11,18H,1H3,(H,21,22). The molecule has 0 saturated heterocycles. The molecule has 124 valence electrons. The Morgan fingerprint density at radius 3 is 2.67 bits per heavy atom. The number of benzene rings is 2. The van der Waals surface area contributed by atoms with Gasteiger partial charge < -0.3 is 14.5 Å². The SMILES string of the molecule is CC(NC(=O)c1cc2ccccc2o1)c1cccc(OC(F)F)c1. The fourth-order valence-corrected chi connectivity index (χ4v) is 2.40. The molecule has 2 aromatic carbocycles. The zero-order chi connectivity index (χ0) is 17.1. The minimum atomic E-state index is -2.89. The van der Waals surface area contributed by atoms with Crippen LogP contribution in [0.4, 0.5) is 8.78 Å². The molecular weight excluding hydrogens is 316 g/mol. The summed E-state index contributed by atoms with van der Waals surface area (Å²) in [6, 6.07) is 14.8. The quantitative estimate of drug-likeness (QED) is 0.747. The van der Waals surface area contributed by atoms with Crippen LogP contribution in [0.5, 0.6) is 5.75 Å². The van der Waals surface area contributed by atoms with Gasteiger partial charge in [-0.05, 0) is 36.8 Å². The van der Waals surface area contributed by atoms with E-state index in [-0.39, 0.29) is 17.4 Å². The zero-order valence-corrected chi connectivity index (χ0v) is 12.8. The number of carbonyl (C=O) groups is 1. The van der Waals surface area contributed by atoms with Crippen molar-refractivity contribution in [2.24, 2.45) is 0 Å². The predicted molar refractivity (Wildman–Crippen MR) is 85.2 cm³/mol. The number of hydrogen-bond acceptors (Lipinski definition) is 3. The van der Waals surface area contributed by atoms with Crippen LogP contribution in [-0.2, 0) is 0 Å². The highest BCUT2D eigenvalue weighted by Gasteiger charge is 2.16. The van der Waals surface area contributed by atoms with E-state index in [9.17, 15) is 13.6 Å². The van der Waals surface area contributed by atoms with Crippen molar-refractivity contribution < 1.29 is 22.7 Å². The summed E-state index contributed by atoms with van der Waals surface area (Å²) in [4.78, 5) is 12.3. The minimum Gasteiger partial charge on any atom is -0.451 e. The van der Waals surface area contributed by atoms with E-state index in [0.29, 0.717) is 11.1 Å². The van der Waals surface area contributed by atoms with Crippen molar-refractivity contribution in [1.29, 1.82) is 0 Å². The van der Waals surface area contributed by atoms with E-state index in [2.05, 4.69) is 10.1 Å². The van der Waals surface area contributed by atoms with Crippen molar-refractivity contribution in [2.45, 2.75) is 19.6 Å². The number of para-hydroxylation sites is 1. The lowest BCUT2D eigenvalue weighted by molar-refractivity contribution is -0.0499. The van der Waals surface area contributed by atoms with Crippen LogP contribution in [0.3, 0.4) is 0 Å². The van der Waals surface area contributed by atoms with Crippen LogP contribution in [0.2, 0.25) is 0 Å². The summed E-state index contributed by atoms with van der Waals surface area (Å²) < 4.78 is 34.4. The van der Waals surface area contributed by atoms with E-state index >= 15 is 0 Å². The zero-order valence-electron chi connectivity index (χ0n) is 12.8. The molecule has 0 radical (unpaired) electrons. The van der Waals surface area contributed by atoms with Gasteiger partial charge in [-0.1, -0.05) is 30.3 Å². The maximum Gasteiger partial charge on any atom is 0.387 e. The number of hydrogen-bond donors (Lipinski definition) is 1. The normalized spacial score (nSPS) is 12.3.